The van der Waals surface area contributed by atoms with E-state index in [-0.39, 0.29) is 16.7 Å². The molecule has 0 atom stereocenters. The first-order valence-electron chi connectivity index (χ1n) is 9.43. The molecule has 0 N–H and O–H groups in total. The zero-order chi connectivity index (χ0) is 18.3. The lowest BCUT2D eigenvalue weighted by molar-refractivity contribution is -0.137. The summed E-state index contributed by atoms with van der Waals surface area (Å²) in [4.78, 5) is 17.1. The van der Waals surface area contributed by atoms with E-state index in [9.17, 15) is 13.2 Å². The average molecular weight is 375 g/mol. The number of likely N-dealkylation sites (tertiary alicyclic amines) is 1. The maximum atomic E-state index is 12.8. The predicted octanol–water partition coefficient (Wildman–Crippen LogP) is 2.25. The molecule has 1 aromatic carbocycles. The highest BCUT2D eigenvalue weighted by Gasteiger charge is 2.36. The van der Waals surface area contributed by atoms with Gasteiger partial charge in [0, 0.05) is 37.7 Å². The van der Waals surface area contributed by atoms with Crippen molar-refractivity contribution in [3.8, 4) is 0 Å². The van der Waals surface area contributed by atoms with Gasteiger partial charge in [-0.1, -0.05) is 25.0 Å². The summed E-state index contributed by atoms with van der Waals surface area (Å²) in [6.07, 6.45) is 6.16. The highest BCUT2D eigenvalue weighted by molar-refractivity contribution is 7.90. The second-order valence-corrected chi connectivity index (χ2v) is 9.11. The Morgan fingerprint density at radius 1 is 1.12 bits per heavy atom. The number of hydrogen-bond acceptors (Lipinski definition) is 4. The Bertz CT molecular complexity index is 835. The van der Waals surface area contributed by atoms with Gasteiger partial charge in [-0.2, -0.15) is 8.42 Å². The quantitative estimate of drug-likeness (QED) is 0.795. The van der Waals surface area contributed by atoms with Crippen molar-refractivity contribution in [1.29, 1.82) is 0 Å². The van der Waals surface area contributed by atoms with E-state index in [4.69, 9.17) is 0 Å². The number of fused-ring (bicyclic) bond motifs is 1. The lowest BCUT2D eigenvalue weighted by atomic mass is 9.94. The first-order chi connectivity index (χ1) is 12.5. The van der Waals surface area contributed by atoms with Crippen LogP contribution in [-0.2, 0) is 14.8 Å². The lowest BCUT2D eigenvalue weighted by Gasteiger charge is -2.35. The molecule has 4 rings (SSSR count). The van der Waals surface area contributed by atoms with Crippen molar-refractivity contribution < 1.29 is 13.2 Å². The van der Waals surface area contributed by atoms with E-state index < -0.39 is 10.0 Å². The Morgan fingerprint density at radius 2 is 1.77 bits per heavy atom. The smallest absolute Gasteiger partial charge is 0.285 e. The van der Waals surface area contributed by atoms with Crippen molar-refractivity contribution >= 4 is 21.8 Å². The van der Waals surface area contributed by atoms with Gasteiger partial charge in [-0.25, -0.2) is 0 Å². The van der Waals surface area contributed by atoms with Gasteiger partial charge >= 0.3 is 0 Å². The van der Waals surface area contributed by atoms with Gasteiger partial charge < -0.3 is 9.80 Å². The number of carbonyl (C=O) groups is 1. The summed E-state index contributed by atoms with van der Waals surface area (Å²) < 4.78 is 28.5. The molecule has 6 nitrogen and oxygen atoms in total. The molecule has 2 fully saturated rings. The topological polar surface area (TPSA) is 70.1 Å². The van der Waals surface area contributed by atoms with E-state index in [0.717, 1.165) is 25.7 Å². The van der Waals surface area contributed by atoms with Crippen LogP contribution in [0.25, 0.3) is 0 Å². The van der Waals surface area contributed by atoms with Crippen LogP contribution < -0.4 is 0 Å². The monoisotopic (exact) mass is 375 g/mol. The van der Waals surface area contributed by atoms with Crippen LogP contribution >= 0.6 is 0 Å². The number of sulfonamides is 1. The Morgan fingerprint density at radius 3 is 2.46 bits per heavy atom. The summed E-state index contributed by atoms with van der Waals surface area (Å²) in [7, 11) is -1.65. The molecule has 7 heteroatoms. The summed E-state index contributed by atoms with van der Waals surface area (Å²) in [6, 6.07) is 7.37. The maximum absolute atomic E-state index is 12.8. The molecule has 2 aliphatic heterocycles. The number of rotatable bonds is 2. The van der Waals surface area contributed by atoms with Crippen molar-refractivity contribution in [3.63, 3.8) is 0 Å². The van der Waals surface area contributed by atoms with E-state index in [0.29, 0.717) is 30.5 Å². The molecular weight excluding hydrogens is 350 g/mol. The second-order valence-electron chi connectivity index (χ2n) is 7.53. The molecule has 1 aromatic rings. The van der Waals surface area contributed by atoms with Crippen molar-refractivity contribution in [2.75, 3.05) is 20.1 Å². The number of carbonyl (C=O) groups excluding carboxylic acids is 1. The highest BCUT2D eigenvalue weighted by atomic mass is 32.2. The second kappa shape index (κ2) is 6.68. The summed E-state index contributed by atoms with van der Waals surface area (Å²) in [5, 5.41) is 0. The molecule has 0 bridgehead atoms. The number of nitrogens with zero attached hydrogens (tertiary/aromatic N) is 3. The molecule has 0 radical (unpaired) electrons. The number of benzene rings is 1. The van der Waals surface area contributed by atoms with Crippen LogP contribution in [0.15, 0.2) is 33.6 Å². The SMILES string of the molecule is CN(C(=O)C1CCN(C2=NS(=O)(=O)c3ccccc32)CC1)C1CCCC1. The van der Waals surface area contributed by atoms with Crippen LogP contribution in [0.5, 0.6) is 0 Å². The van der Waals surface area contributed by atoms with Gasteiger partial charge in [0.1, 0.15) is 4.90 Å². The minimum Gasteiger partial charge on any atom is -0.355 e. The Hall–Kier alpha value is -1.89. The fraction of sp³-hybridized carbons (Fsp3) is 0.579. The number of amidine groups is 1. The molecule has 1 aliphatic carbocycles. The van der Waals surface area contributed by atoms with Gasteiger partial charge in [0.25, 0.3) is 10.0 Å². The summed E-state index contributed by atoms with van der Waals surface area (Å²) in [6.45, 7) is 1.33. The van der Waals surface area contributed by atoms with Gasteiger partial charge in [-0.3, -0.25) is 4.79 Å². The number of hydrogen-bond donors (Lipinski definition) is 0. The first kappa shape index (κ1) is 17.5. The van der Waals surface area contributed by atoms with Gasteiger partial charge in [-0.15, -0.1) is 4.40 Å². The van der Waals surface area contributed by atoms with Crippen molar-refractivity contribution in [3.05, 3.63) is 29.8 Å². The zero-order valence-corrected chi connectivity index (χ0v) is 15.9. The van der Waals surface area contributed by atoms with Crippen LogP contribution in [0.1, 0.15) is 44.1 Å². The third-order valence-corrected chi connectivity index (χ3v) is 7.30. The fourth-order valence-corrected chi connectivity index (χ4v) is 5.64. The standard InChI is InChI=1S/C19H25N3O3S/c1-21(15-6-2-3-7-15)19(23)14-10-12-22(13-11-14)18-16-8-4-5-9-17(16)26(24,25)20-18/h4-5,8-9,14-15H,2-3,6-7,10-13H2,1H3. The number of amides is 1. The normalized spacial score (nSPS) is 23.0. The van der Waals surface area contributed by atoms with Gasteiger partial charge in [-0.05, 0) is 37.8 Å². The number of piperidine rings is 1. The largest absolute Gasteiger partial charge is 0.355 e. The van der Waals surface area contributed by atoms with Crippen molar-refractivity contribution in [2.45, 2.75) is 49.5 Å². The summed E-state index contributed by atoms with van der Waals surface area (Å²) in [5.74, 6) is 0.819. The Labute approximate surface area is 154 Å². The maximum Gasteiger partial charge on any atom is 0.285 e. The van der Waals surface area contributed by atoms with Gasteiger partial charge in [0.15, 0.2) is 5.84 Å². The predicted molar refractivity (Wildman–Crippen MR) is 99.5 cm³/mol. The van der Waals surface area contributed by atoms with E-state index in [1.165, 1.54) is 12.8 Å². The van der Waals surface area contributed by atoms with Gasteiger partial charge in [0.2, 0.25) is 5.91 Å². The minimum absolute atomic E-state index is 0.0331. The molecule has 2 heterocycles. The molecular formula is C19H25N3O3S. The zero-order valence-electron chi connectivity index (χ0n) is 15.1. The van der Waals surface area contributed by atoms with Crippen LogP contribution in [0, 0.1) is 5.92 Å². The van der Waals surface area contributed by atoms with Crippen molar-refractivity contribution in [1.82, 2.24) is 9.80 Å². The molecule has 0 aromatic heterocycles. The highest BCUT2D eigenvalue weighted by Crippen LogP contribution is 2.31. The minimum atomic E-state index is -3.59. The molecule has 0 spiro atoms. The Kier molecular flexibility index (Phi) is 4.50. The lowest BCUT2D eigenvalue weighted by Crippen LogP contribution is -2.45. The van der Waals surface area contributed by atoms with E-state index in [1.807, 2.05) is 29.0 Å². The first-order valence-corrected chi connectivity index (χ1v) is 10.9. The molecule has 26 heavy (non-hydrogen) atoms. The average Bonchev–Trinajstić information content (AvgIpc) is 3.28. The van der Waals surface area contributed by atoms with Crippen molar-refractivity contribution in [2.24, 2.45) is 10.3 Å². The summed E-state index contributed by atoms with van der Waals surface area (Å²) >= 11 is 0. The summed E-state index contributed by atoms with van der Waals surface area (Å²) in [5.41, 5.74) is 0.681. The molecule has 1 saturated heterocycles. The van der Waals surface area contributed by atoms with Gasteiger partial charge in [0.05, 0.1) is 0 Å². The van der Waals surface area contributed by atoms with Crippen LogP contribution in [-0.4, -0.2) is 56.1 Å². The van der Waals surface area contributed by atoms with E-state index in [1.54, 1.807) is 12.1 Å². The third kappa shape index (κ3) is 3.02. The van der Waals surface area contributed by atoms with Crippen LogP contribution in [0.2, 0.25) is 0 Å². The molecule has 140 valence electrons. The van der Waals surface area contributed by atoms with Crippen LogP contribution in [0.4, 0.5) is 0 Å². The van der Waals surface area contributed by atoms with E-state index >= 15 is 0 Å². The third-order valence-electron chi connectivity index (χ3n) is 5.98. The molecule has 1 saturated carbocycles. The molecule has 0 unspecified atom stereocenters. The molecule has 3 aliphatic rings. The Balaban J connectivity index is 1.44. The molecule has 1 amide bonds. The fourth-order valence-electron chi connectivity index (χ4n) is 4.41. The van der Waals surface area contributed by atoms with E-state index in [2.05, 4.69) is 4.40 Å². The van der Waals surface area contributed by atoms with Crippen LogP contribution in [0.3, 0.4) is 0 Å².